The average Bonchev–Trinajstić information content (AvgIpc) is 2.48. The fourth-order valence-electron chi connectivity index (χ4n) is 1.77. The third-order valence-corrected chi connectivity index (χ3v) is 2.86. The lowest BCUT2D eigenvalue weighted by Crippen LogP contribution is -2.09. The smallest absolute Gasteiger partial charge is 0.341 e. The first-order valence-electron chi connectivity index (χ1n) is 6.06. The van der Waals surface area contributed by atoms with Gasteiger partial charge in [0.25, 0.3) is 0 Å². The minimum Gasteiger partial charge on any atom is -0.496 e. The van der Waals surface area contributed by atoms with Crippen molar-refractivity contribution >= 4 is 11.7 Å². The van der Waals surface area contributed by atoms with Crippen LogP contribution >= 0.6 is 0 Å². The Morgan fingerprint density at radius 2 is 1.90 bits per heavy atom. The molecule has 0 saturated carbocycles. The van der Waals surface area contributed by atoms with Gasteiger partial charge in [0.15, 0.2) is 0 Å². The quantitative estimate of drug-likeness (QED) is 0.695. The molecular weight excluding hydrogens is 280 g/mol. The van der Waals surface area contributed by atoms with E-state index in [1.54, 1.807) is 24.3 Å². The third-order valence-electron chi connectivity index (χ3n) is 2.86. The van der Waals surface area contributed by atoms with E-state index in [0.717, 1.165) is 6.07 Å². The highest BCUT2D eigenvalue weighted by Crippen LogP contribution is 2.21. The lowest BCUT2D eigenvalue weighted by molar-refractivity contribution is 0.0465. The second kappa shape index (κ2) is 6.21. The van der Waals surface area contributed by atoms with Crippen LogP contribution < -0.4 is 10.5 Å². The zero-order valence-electron chi connectivity index (χ0n) is 11.2. The molecule has 0 atom stereocenters. The van der Waals surface area contributed by atoms with Crippen LogP contribution in [0, 0.1) is 11.6 Å². The number of rotatable bonds is 4. The van der Waals surface area contributed by atoms with Crippen LogP contribution in [0.3, 0.4) is 0 Å². The molecule has 0 saturated heterocycles. The Bertz CT molecular complexity index is 674. The molecule has 0 radical (unpaired) electrons. The van der Waals surface area contributed by atoms with Crippen LogP contribution in [-0.2, 0) is 11.3 Å². The number of ether oxygens (including phenoxy) is 2. The fraction of sp³-hybridized carbons (Fsp3) is 0.133. The Labute approximate surface area is 120 Å². The zero-order valence-corrected chi connectivity index (χ0v) is 11.2. The van der Waals surface area contributed by atoms with Gasteiger partial charge in [0.1, 0.15) is 24.0 Å². The first-order chi connectivity index (χ1) is 10.0. The summed E-state index contributed by atoms with van der Waals surface area (Å²) in [5.41, 5.74) is 5.21. The zero-order chi connectivity index (χ0) is 15.4. The average molecular weight is 293 g/mol. The maximum atomic E-state index is 13.5. The Morgan fingerprint density at radius 3 is 2.62 bits per heavy atom. The van der Waals surface area contributed by atoms with Gasteiger partial charge in [0, 0.05) is 11.6 Å². The predicted molar refractivity (Wildman–Crippen MR) is 72.9 cm³/mol. The maximum Gasteiger partial charge on any atom is 0.341 e. The van der Waals surface area contributed by atoms with Crippen LogP contribution in [0.5, 0.6) is 5.75 Å². The first-order valence-corrected chi connectivity index (χ1v) is 6.06. The topological polar surface area (TPSA) is 61.5 Å². The van der Waals surface area contributed by atoms with E-state index in [2.05, 4.69) is 0 Å². The lowest BCUT2D eigenvalue weighted by atomic mass is 10.2. The first kappa shape index (κ1) is 14.8. The number of para-hydroxylation sites is 1. The summed E-state index contributed by atoms with van der Waals surface area (Å²) < 4.78 is 36.7. The maximum absolute atomic E-state index is 13.5. The van der Waals surface area contributed by atoms with Gasteiger partial charge < -0.3 is 15.2 Å². The minimum atomic E-state index is -1.02. The number of nitrogen functional groups attached to an aromatic ring is 1. The van der Waals surface area contributed by atoms with Gasteiger partial charge in [-0.05, 0) is 12.1 Å². The van der Waals surface area contributed by atoms with Crippen molar-refractivity contribution in [3.63, 3.8) is 0 Å². The number of carbonyl (C=O) groups is 1. The number of hydrogen-bond donors (Lipinski definition) is 1. The highest BCUT2D eigenvalue weighted by Gasteiger charge is 2.17. The molecule has 0 spiro atoms. The number of methoxy groups -OCH3 is 1. The molecule has 4 nitrogen and oxygen atoms in total. The van der Waals surface area contributed by atoms with Gasteiger partial charge in [-0.15, -0.1) is 0 Å². The fourth-order valence-corrected chi connectivity index (χ4v) is 1.77. The molecule has 110 valence electrons. The van der Waals surface area contributed by atoms with Gasteiger partial charge in [-0.3, -0.25) is 0 Å². The summed E-state index contributed by atoms with van der Waals surface area (Å²) >= 11 is 0. The normalized spacial score (nSPS) is 10.2. The summed E-state index contributed by atoms with van der Waals surface area (Å²) in [6.07, 6.45) is 0. The predicted octanol–water partition coefficient (Wildman–Crippen LogP) is 2.91. The summed E-state index contributed by atoms with van der Waals surface area (Å²) in [5.74, 6) is -2.32. The summed E-state index contributed by atoms with van der Waals surface area (Å²) in [6.45, 7) is -0.0977. The summed E-state index contributed by atoms with van der Waals surface area (Å²) in [6, 6.07) is 8.40. The van der Waals surface area contributed by atoms with Crippen LogP contribution in [0.15, 0.2) is 36.4 Å². The van der Waals surface area contributed by atoms with Crippen molar-refractivity contribution in [3.8, 4) is 5.75 Å². The number of carbonyl (C=O) groups excluding carboxylic acids is 1. The summed E-state index contributed by atoms with van der Waals surface area (Å²) in [5, 5.41) is 0. The van der Waals surface area contributed by atoms with Crippen LogP contribution in [0.1, 0.15) is 15.9 Å². The monoisotopic (exact) mass is 293 g/mol. The van der Waals surface area contributed by atoms with Gasteiger partial charge in [-0.25, -0.2) is 13.6 Å². The minimum absolute atomic E-state index is 0.0977. The number of esters is 1. The number of benzene rings is 2. The van der Waals surface area contributed by atoms with Crippen LogP contribution in [0.25, 0.3) is 0 Å². The van der Waals surface area contributed by atoms with Gasteiger partial charge in [-0.2, -0.15) is 0 Å². The third kappa shape index (κ3) is 3.28. The van der Waals surface area contributed by atoms with Crippen molar-refractivity contribution < 1.29 is 23.0 Å². The van der Waals surface area contributed by atoms with E-state index < -0.39 is 23.2 Å². The number of nitrogens with two attached hydrogens (primary N) is 1. The molecule has 0 fully saturated rings. The Balaban J connectivity index is 2.14. The van der Waals surface area contributed by atoms with Crippen molar-refractivity contribution in [3.05, 3.63) is 59.2 Å². The van der Waals surface area contributed by atoms with Crippen molar-refractivity contribution in [2.45, 2.75) is 6.61 Å². The van der Waals surface area contributed by atoms with E-state index in [9.17, 15) is 13.6 Å². The van der Waals surface area contributed by atoms with Crippen molar-refractivity contribution in [2.24, 2.45) is 0 Å². The molecule has 0 unspecified atom stereocenters. The molecule has 0 aromatic heterocycles. The SMILES string of the molecule is COc1ccccc1COC(=O)c1cc(N)c(F)cc1F. The van der Waals surface area contributed by atoms with Gasteiger partial charge in [-0.1, -0.05) is 18.2 Å². The molecule has 0 aliphatic carbocycles. The molecule has 0 amide bonds. The summed E-state index contributed by atoms with van der Waals surface area (Å²) in [7, 11) is 1.49. The second-order valence-electron chi connectivity index (χ2n) is 4.24. The Morgan fingerprint density at radius 1 is 1.19 bits per heavy atom. The molecule has 0 bridgehead atoms. The van der Waals surface area contributed by atoms with E-state index >= 15 is 0 Å². The van der Waals surface area contributed by atoms with Crippen LogP contribution in [0.2, 0.25) is 0 Å². The largest absolute Gasteiger partial charge is 0.496 e. The van der Waals surface area contributed by atoms with Crippen LogP contribution in [-0.4, -0.2) is 13.1 Å². The van der Waals surface area contributed by atoms with Crippen molar-refractivity contribution in [2.75, 3.05) is 12.8 Å². The van der Waals surface area contributed by atoms with Crippen LogP contribution in [0.4, 0.5) is 14.5 Å². The highest BCUT2D eigenvalue weighted by atomic mass is 19.1. The number of halogens is 2. The molecule has 0 aliphatic heterocycles. The molecule has 2 aromatic carbocycles. The van der Waals surface area contributed by atoms with E-state index in [-0.39, 0.29) is 12.3 Å². The standard InChI is InChI=1S/C15H13F2NO3/c1-20-14-5-3-2-4-9(14)8-21-15(19)10-6-13(18)12(17)7-11(10)16/h2-7H,8,18H2,1H3. The molecule has 0 heterocycles. The lowest BCUT2D eigenvalue weighted by Gasteiger charge is -2.10. The van der Waals surface area contributed by atoms with E-state index in [4.69, 9.17) is 15.2 Å². The number of hydrogen-bond acceptors (Lipinski definition) is 4. The molecule has 2 N–H and O–H groups in total. The van der Waals surface area contributed by atoms with Gasteiger partial charge in [0.2, 0.25) is 0 Å². The Hall–Kier alpha value is -2.63. The highest BCUT2D eigenvalue weighted by molar-refractivity contribution is 5.90. The second-order valence-corrected chi connectivity index (χ2v) is 4.24. The van der Waals surface area contributed by atoms with E-state index in [0.29, 0.717) is 17.4 Å². The van der Waals surface area contributed by atoms with Crippen molar-refractivity contribution in [1.82, 2.24) is 0 Å². The molecule has 2 aromatic rings. The number of anilines is 1. The van der Waals surface area contributed by atoms with Gasteiger partial charge >= 0.3 is 5.97 Å². The summed E-state index contributed by atoms with van der Waals surface area (Å²) in [4.78, 5) is 11.8. The van der Waals surface area contributed by atoms with Gasteiger partial charge in [0.05, 0.1) is 18.4 Å². The molecule has 6 heteroatoms. The molecule has 21 heavy (non-hydrogen) atoms. The molecule has 2 rings (SSSR count). The van der Waals surface area contributed by atoms with E-state index in [1.807, 2.05) is 0 Å². The molecular formula is C15H13F2NO3. The van der Waals surface area contributed by atoms with E-state index in [1.165, 1.54) is 7.11 Å². The molecule has 0 aliphatic rings. The Kier molecular flexibility index (Phi) is 4.37. The van der Waals surface area contributed by atoms with Crippen molar-refractivity contribution in [1.29, 1.82) is 0 Å².